The first-order valence-electron chi connectivity index (χ1n) is 7.28. The Hall–Kier alpha value is -0.120. The van der Waals surface area contributed by atoms with E-state index in [4.69, 9.17) is 10.5 Å². The van der Waals surface area contributed by atoms with E-state index in [0.717, 1.165) is 13.1 Å². The third-order valence-corrected chi connectivity index (χ3v) is 4.21. The van der Waals surface area contributed by atoms with Gasteiger partial charge in [-0.05, 0) is 32.6 Å². The van der Waals surface area contributed by atoms with Gasteiger partial charge in [0, 0.05) is 25.7 Å². The largest absolute Gasteiger partial charge is 0.373 e. The molecular formula is C14H28N2O. The highest BCUT2D eigenvalue weighted by molar-refractivity contribution is 4.82. The van der Waals surface area contributed by atoms with E-state index in [2.05, 4.69) is 18.7 Å². The van der Waals surface area contributed by atoms with Crippen molar-refractivity contribution in [2.24, 2.45) is 11.7 Å². The molecule has 1 aliphatic carbocycles. The summed E-state index contributed by atoms with van der Waals surface area (Å²) in [6, 6.07) is 0.422. The second-order valence-electron chi connectivity index (χ2n) is 6.04. The summed E-state index contributed by atoms with van der Waals surface area (Å²) in [7, 11) is 0. The highest BCUT2D eigenvalue weighted by atomic mass is 16.5. The Morgan fingerprint density at radius 2 is 1.71 bits per heavy atom. The molecule has 17 heavy (non-hydrogen) atoms. The minimum absolute atomic E-state index is 0.376. The number of nitrogens with zero attached hydrogens (tertiary/aromatic N) is 1. The molecular weight excluding hydrogens is 212 g/mol. The van der Waals surface area contributed by atoms with Gasteiger partial charge in [-0.15, -0.1) is 0 Å². The zero-order valence-corrected chi connectivity index (χ0v) is 11.4. The first-order valence-corrected chi connectivity index (χ1v) is 7.28. The molecule has 4 unspecified atom stereocenters. The minimum atomic E-state index is 0.376. The molecule has 4 atom stereocenters. The van der Waals surface area contributed by atoms with Crippen molar-refractivity contribution in [3.8, 4) is 0 Å². The molecule has 3 nitrogen and oxygen atoms in total. The van der Waals surface area contributed by atoms with Crippen LogP contribution in [0.15, 0.2) is 0 Å². The molecule has 2 fully saturated rings. The van der Waals surface area contributed by atoms with Crippen LogP contribution < -0.4 is 5.73 Å². The molecule has 0 aromatic heterocycles. The Labute approximate surface area is 106 Å². The van der Waals surface area contributed by atoms with E-state index in [1.807, 2.05) is 0 Å². The summed E-state index contributed by atoms with van der Waals surface area (Å²) in [5.74, 6) is 0.704. The Bertz CT molecular complexity index is 224. The van der Waals surface area contributed by atoms with Crippen molar-refractivity contribution in [1.29, 1.82) is 0 Å². The molecule has 2 rings (SSSR count). The quantitative estimate of drug-likeness (QED) is 0.750. The van der Waals surface area contributed by atoms with Crippen molar-refractivity contribution in [2.75, 3.05) is 19.6 Å². The molecule has 1 aliphatic heterocycles. The lowest BCUT2D eigenvalue weighted by atomic mass is 9.94. The SMILES string of the molecule is CC1CN(CC2CCCCCC2N)CC(C)O1. The monoisotopic (exact) mass is 240 g/mol. The van der Waals surface area contributed by atoms with Crippen LogP contribution >= 0.6 is 0 Å². The third kappa shape index (κ3) is 3.94. The first kappa shape index (κ1) is 13.3. The van der Waals surface area contributed by atoms with Gasteiger partial charge >= 0.3 is 0 Å². The molecule has 3 heteroatoms. The van der Waals surface area contributed by atoms with Gasteiger partial charge in [-0.2, -0.15) is 0 Å². The second kappa shape index (κ2) is 6.17. The summed E-state index contributed by atoms with van der Waals surface area (Å²) < 4.78 is 5.78. The summed E-state index contributed by atoms with van der Waals surface area (Å²) in [6.45, 7) is 7.69. The molecule has 1 saturated heterocycles. The van der Waals surface area contributed by atoms with Crippen LogP contribution in [0.1, 0.15) is 46.0 Å². The Balaban J connectivity index is 1.85. The Morgan fingerprint density at radius 1 is 1.06 bits per heavy atom. The molecule has 100 valence electrons. The molecule has 0 bridgehead atoms. The number of hydrogen-bond donors (Lipinski definition) is 1. The van der Waals surface area contributed by atoms with Gasteiger partial charge in [0.2, 0.25) is 0 Å². The maximum absolute atomic E-state index is 6.31. The van der Waals surface area contributed by atoms with E-state index in [9.17, 15) is 0 Å². The molecule has 2 N–H and O–H groups in total. The number of rotatable bonds is 2. The van der Waals surface area contributed by atoms with Gasteiger partial charge in [-0.1, -0.05) is 19.3 Å². The van der Waals surface area contributed by atoms with Gasteiger partial charge in [0.25, 0.3) is 0 Å². The average Bonchev–Trinajstić information content (AvgIpc) is 2.43. The van der Waals surface area contributed by atoms with Crippen molar-refractivity contribution in [3.05, 3.63) is 0 Å². The zero-order chi connectivity index (χ0) is 12.3. The van der Waals surface area contributed by atoms with Gasteiger partial charge in [-0.25, -0.2) is 0 Å². The lowest BCUT2D eigenvalue weighted by molar-refractivity contribution is -0.0723. The molecule has 0 amide bonds. The number of hydrogen-bond acceptors (Lipinski definition) is 3. The van der Waals surface area contributed by atoms with E-state index in [-0.39, 0.29) is 0 Å². The van der Waals surface area contributed by atoms with Crippen molar-refractivity contribution in [2.45, 2.75) is 64.2 Å². The zero-order valence-electron chi connectivity index (χ0n) is 11.4. The average molecular weight is 240 g/mol. The highest BCUT2D eigenvalue weighted by Gasteiger charge is 2.27. The van der Waals surface area contributed by atoms with E-state index in [1.165, 1.54) is 38.6 Å². The summed E-state index contributed by atoms with van der Waals surface area (Å²) >= 11 is 0. The van der Waals surface area contributed by atoms with Gasteiger partial charge in [0.15, 0.2) is 0 Å². The smallest absolute Gasteiger partial charge is 0.0678 e. The molecule has 0 aromatic carbocycles. The first-order chi connectivity index (χ1) is 8.15. The van der Waals surface area contributed by atoms with Crippen LogP contribution in [0.5, 0.6) is 0 Å². The normalized spacial score (nSPS) is 41.1. The topological polar surface area (TPSA) is 38.5 Å². The van der Waals surface area contributed by atoms with Gasteiger partial charge < -0.3 is 10.5 Å². The van der Waals surface area contributed by atoms with E-state index in [0.29, 0.717) is 24.2 Å². The van der Waals surface area contributed by atoms with Crippen LogP contribution in [0.2, 0.25) is 0 Å². The molecule has 1 saturated carbocycles. The third-order valence-electron chi connectivity index (χ3n) is 4.21. The highest BCUT2D eigenvalue weighted by Crippen LogP contribution is 2.24. The van der Waals surface area contributed by atoms with E-state index in [1.54, 1.807) is 0 Å². The van der Waals surface area contributed by atoms with Crippen LogP contribution in [0.3, 0.4) is 0 Å². The predicted octanol–water partition coefficient (Wildman–Crippen LogP) is 2.00. The standard InChI is InChI=1S/C14H28N2O/c1-11-8-16(9-12(2)17-11)10-13-6-4-3-5-7-14(13)15/h11-14H,3-10,15H2,1-2H3. The van der Waals surface area contributed by atoms with Crippen LogP contribution in [0.25, 0.3) is 0 Å². The van der Waals surface area contributed by atoms with Gasteiger partial charge in [-0.3, -0.25) is 4.90 Å². The summed E-state index contributed by atoms with van der Waals surface area (Å²) in [6.07, 6.45) is 7.37. The van der Waals surface area contributed by atoms with Crippen molar-refractivity contribution in [3.63, 3.8) is 0 Å². The lowest BCUT2D eigenvalue weighted by Crippen LogP contribution is -2.49. The van der Waals surface area contributed by atoms with Crippen LogP contribution in [-0.4, -0.2) is 42.8 Å². The fourth-order valence-corrected chi connectivity index (χ4v) is 3.40. The molecule has 0 spiro atoms. The lowest BCUT2D eigenvalue weighted by Gasteiger charge is -2.38. The number of ether oxygens (including phenoxy) is 1. The fourth-order valence-electron chi connectivity index (χ4n) is 3.40. The second-order valence-corrected chi connectivity index (χ2v) is 6.04. The summed E-state index contributed by atoms with van der Waals surface area (Å²) in [4.78, 5) is 2.56. The fraction of sp³-hybridized carbons (Fsp3) is 1.00. The molecule has 1 heterocycles. The van der Waals surface area contributed by atoms with Crippen LogP contribution in [0.4, 0.5) is 0 Å². The van der Waals surface area contributed by atoms with Crippen molar-refractivity contribution < 1.29 is 4.74 Å². The van der Waals surface area contributed by atoms with E-state index >= 15 is 0 Å². The van der Waals surface area contributed by atoms with Crippen molar-refractivity contribution >= 4 is 0 Å². The number of morpholine rings is 1. The van der Waals surface area contributed by atoms with Crippen molar-refractivity contribution in [1.82, 2.24) is 4.90 Å². The maximum atomic E-state index is 6.31. The molecule has 2 aliphatic rings. The predicted molar refractivity (Wildman–Crippen MR) is 71.0 cm³/mol. The maximum Gasteiger partial charge on any atom is 0.0678 e. The summed E-state index contributed by atoms with van der Waals surface area (Å²) in [5, 5.41) is 0. The molecule has 0 radical (unpaired) electrons. The van der Waals surface area contributed by atoms with Crippen LogP contribution in [0, 0.1) is 5.92 Å². The molecule has 0 aromatic rings. The summed E-state index contributed by atoms with van der Waals surface area (Å²) in [5.41, 5.74) is 6.31. The van der Waals surface area contributed by atoms with E-state index < -0.39 is 0 Å². The van der Waals surface area contributed by atoms with Gasteiger partial charge in [0.05, 0.1) is 12.2 Å². The van der Waals surface area contributed by atoms with Gasteiger partial charge in [0.1, 0.15) is 0 Å². The number of nitrogens with two attached hydrogens (primary N) is 1. The Kier molecular flexibility index (Phi) is 4.83. The Morgan fingerprint density at radius 3 is 2.41 bits per heavy atom. The minimum Gasteiger partial charge on any atom is -0.373 e. The van der Waals surface area contributed by atoms with Crippen LogP contribution in [-0.2, 0) is 4.74 Å².